The van der Waals surface area contributed by atoms with Crippen LogP contribution in [0.25, 0.3) is 0 Å². The van der Waals surface area contributed by atoms with Crippen LogP contribution < -0.4 is 16.8 Å². The van der Waals surface area contributed by atoms with Crippen LogP contribution in [0, 0.1) is 11.3 Å². The average molecular weight is 268 g/mol. The minimum Gasteiger partial charge on any atom is -0.399 e. The van der Waals surface area contributed by atoms with Gasteiger partial charge in [0, 0.05) is 12.2 Å². The quantitative estimate of drug-likeness (QED) is 0.733. The lowest BCUT2D eigenvalue weighted by atomic mass is 10.1. The maximum absolute atomic E-state index is 11.4. The summed E-state index contributed by atoms with van der Waals surface area (Å²) in [4.78, 5) is 11.4. The molecule has 1 aliphatic carbocycles. The van der Waals surface area contributed by atoms with Gasteiger partial charge in [-0.3, -0.25) is 4.79 Å². The second kappa shape index (κ2) is 4.35. The zero-order valence-corrected chi connectivity index (χ0v) is 11.3. The van der Waals surface area contributed by atoms with E-state index >= 15 is 0 Å². The minimum atomic E-state index is -0.526. The van der Waals surface area contributed by atoms with Crippen molar-refractivity contribution in [3.05, 3.63) is 22.7 Å². The molecule has 0 aromatic heterocycles. The Morgan fingerprint density at radius 2 is 2.17 bits per heavy atom. The summed E-state index contributed by atoms with van der Waals surface area (Å²) in [6.07, 6.45) is 1.18. The summed E-state index contributed by atoms with van der Waals surface area (Å²) < 4.78 is 0. The molecule has 0 radical (unpaired) electrons. The molecule has 0 heterocycles. The molecule has 1 saturated carbocycles. The summed E-state index contributed by atoms with van der Waals surface area (Å²) in [5, 5.41) is 3.65. The number of nitrogens with two attached hydrogens (primary N) is 2. The SMILES string of the molecule is CC1(C)CC1CNc1c(Cl)cc(N)cc1C(N)=O. The molecule has 4 nitrogen and oxygen atoms in total. The number of amides is 1. The molecule has 1 aromatic carbocycles. The Balaban J connectivity index is 2.18. The molecule has 1 unspecified atom stereocenters. The third-order valence-electron chi connectivity index (χ3n) is 3.62. The van der Waals surface area contributed by atoms with Crippen LogP contribution in [0.1, 0.15) is 30.6 Å². The van der Waals surface area contributed by atoms with Gasteiger partial charge in [0.15, 0.2) is 0 Å². The van der Waals surface area contributed by atoms with Gasteiger partial charge >= 0.3 is 0 Å². The molecule has 0 saturated heterocycles. The van der Waals surface area contributed by atoms with Gasteiger partial charge in [-0.25, -0.2) is 0 Å². The van der Waals surface area contributed by atoms with Crippen molar-refractivity contribution < 1.29 is 4.79 Å². The highest BCUT2D eigenvalue weighted by atomic mass is 35.5. The molecule has 1 fully saturated rings. The largest absolute Gasteiger partial charge is 0.399 e. The highest BCUT2D eigenvalue weighted by Crippen LogP contribution is 2.51. The van der Waals surface area contributed by atoms with Crippen LogP contribution in [0.4, 0.5) is 11.4 Å². The first-order chi connectivity index (χ1) is 8.31. The number of halogens is 1. The highest BCUT2D eigenvalue weighted by molar-refractivity contribution is 6.34. The Labute approximate surface area is 112 Å². The molecule has 98 valence electrons. The Morgan fingerprint density at radius 3 is 2.67 bits per heavy atom. The van der Waals surface area contributed by atoms with Crippen molar-refractivity contribution in [3.8, 4) is 0 Å². The summed E-state index contributed by atoms with van der Waals surface area (Å²) in [5.74, 6) is 0.0774. The number of rotatable bonds is 4. The fourth-order valence-corrected chi connectivity index (χ4v) is 2.45. The molecular formula is C13H18ClN3O. The van der Waals surface area contributed by atoms with Gasteiger partial charge in [-0.05, 0) is 29.9 Å². The van der Waals surface area contributed by atoms with Gasteiger partial charge in [-0.1, -0.05) is 25.4 Å². The van der Waals surface area contributed by atoms with Crippen LogP contribution in [0.15, 0.2) is 12.1 Å². The number of nitrogen functional groups attached to an aromatic ring is 1. The number of benzene rings is 1. The van der Waals surface area contributed by atoms with E-state index in [0.29, 0.717) is 33.3 Å². The van der Waals surface area contributed by atoms with Crippen LogP contribution in [0.3, 0.4) is 0 Å². The number of carbonyl (C=O) groups excluding carboxylic acids is 1. The highest BCUT2D eigenvalue weighted by Gasteiger charge is 2.45. The standard InChI is InChI=1S/C13H18ClN3O/c1-13(2)5-7(13)6-17-11-9(12(16)18)3-8(15)4-10(11)14/h3-4,7,17H,5-6,15H2,1-2H3,(H2,16,18). The molecule has 1 aliphatic rings. The predicted octanol–water partition coefficient (Wildman–Crippen LogP) is 2.48. The molecule has 1 aromatic rings. The number of primary amides is 1. The second-order valence-electron chi connectivity index (χ2n) is 5.56. The molecular weight excluding hydrogens is 250 g/mol. The summed E-state index contributed by atoms with van der Waals surface area (Å²) >= 11 is 6.10. The van der Waals surface area contributed by atoms with E-state index in [0.717, 1.165) is 6.54 Å². The van der Waals surface area contributed by atoms with Gasteiger partial charge in [0.1, 0.15) is 0 Å². The number of hydrogen-bond donors (Lipinski definition) is 3. The van der Waals surface area contributed by atoms with E-state index in [-0.39, 0.29) is 0 Å². The van der Waals surface area contributed by atoms with E-state index in [1.165, 1.54) is 6.42 Å². The third-order valence-corrected chi connectivity index (χ3v) is 3.92. The molecule has 5 N–H and O–H groups in total. The fourth-order valence-electron chi connectivity index (χ4n) is 2.15. The van der Waals surface area contributed by atoms with Gasteiger partial charge in [0.05, 0.1) is 16.3 Å². The van der Waals surface area contributed by atoms with Crippen LogP contribution in [0.5, 0.6) is 0 Å². The molecule has 2 rings (SSSR count). The van der Waals surface area contributed by atoms with Crippen LogP contribution in [-0.2, 0) is 0 Å². The number of nitrogens with one attached hydrogen (secondary N) is 1. The summed E-state index contributed by atoms with van der Waals surface area (Å²) in [6, 6.07) is 3.17. The number of hydrogen-bond acceptors (Lipinski definition) is 3. The van der Waals surface area contributed by atoms with E-state index in [4.69, 9.17) is 23.1 Å². The first-order valence-electron chi connectivity index (χ1n) is 5.94. The zero-order valence-electron chi connectivity index (χ0n) is 10.6. The topological polar surface area (TPSA) is 81.1 Å². The van der Waals surface area contributed by atoms with Crippen molar-refractivity contribution >= 4 is 28.9 Å². The second-order valence-corrected chi connectivity index (χ2v) is 5.97. The Hall–Kier alpha value is -1.42. The predicted molar refractivity (Wildman–Crippen MR) is 74.8 cm³/mol. The summed E-state index contributed by atoms with van der Waals surface area (Å²) in [5.41, 5.74) is 12.7. The zero-order chi connectivity index (χ0) is 13.5. The van der Waals surface area contributed by atoms with Gasteiger partial charge < -0.3 is 16.8 Å². The van der Waals surface area contributed by atoms with Crippen LogP contribution >= 0.6 is 11.6 Å². The lowest BCUT2D eigenvalue weighted by Gasteiger charge is -2.13. The monoisotopic (exact) mass is 267 g/mol. The first kappa shape index (κ1) is 13.0. The number of carbonyl (C=O) groups is 1. The van der Waals surface area contributed by atoms with Crippen LogP contribution in [-0.4, -0.2) is 12.5 Å². The molecule has 5 heteroatoms. The van der Waals surface area contributed by atoms with Crippen molar-refractivity contribution in [3.63, 3.8) is 0 Å². The van der Waals surface area contributed by atoms with Gasteiger partial charge in [-0.15, -0.1) is 0 Å². The van der Waals surface area contributed by atoms with E-state index in [2.05, 4.69) is 19.2 Å². The lowest BCUT2D eigenvalue weighted by molar-refractivity contribution is 0.100. The molecule has 0 spiro atoms. The van der Waals surface area contributed by atoms with E-state index in [9.17, 15) is 4.79 Å². The van der Waals surface area contributed by atoms with E-state index in [1.807, 2.05) is 0 Å². The van der Waals surface area contributed by atoms with E-state index < -0.39 is 5.91 Å². The summed E-state index contributed by atoms with van der Waals surface area (Å²) in [7, 11) is 0. The van der Waals surface area contributed by atoms with Gasteiger partial charge in [0.25, 0.3) is 5.91 Å². The Bertz CT molecular complexity index is 499. The van der Waals surface area contributed by atoms with Crippen LogP contribution in [0.2, 0.25) is 5.02 Å². The average Bonchev–Trinajstić information content (AvgIpc) is 2.84. The molecule has 0 bridgehead atoms. The third kappa shape index (κ3) is 2.53. The molecule has 0 aliphatic heterocycles. The molecule has 1 amide bonds. The normalized spacial score (nSPS) is 20.5. The van der Waals surface area contributed by atoms with E-state index in [1.54, 1.807) is 12.1 Å². The number of anilines is 2. The van der Waals surface area contributed by atoms with Crippen molar-refractivity contribution in [2.75, 3.05) is 17.6 Å². The smallest absolute Gasteiger partial charge is 0.250 e. The first-order valence-corrected chi connectivity index (χ1v) is 6.32. The van der Waals surface area contributed by atoms with Crippen molar-refractivity contribution in [1.29, 1.82) is 0 Å². The maximum Gasteiger partial charge on any atom is 0.250 e. The van der Waals surface area contributed by atoms with Crippen molar-refractivity contribution in [1.82, 2.24) is 0 Å². The Morgan fingerprint density at radius 1 is 1.56 bits per heavy atom. The molecule has 18 heavy (non-hydrogen) atoms. The van der Waals surface area contributed by atoms with Gasteiger partial charge in [0.2, 0.25) is 0 Å². The van der Waals surface area contributed by atoms with Crippen molar-refractivity contribution in [2.45, 2.75) is 20.3 Å². The minimum absolute atomic E-state index is 0.346. The lowest BCUT2D eigenvalue weighted by Crippen LogP contribution is -2.17. The fraction of sp³-hybridized carbons (Fsp3) is 0.462. The summed E-state index contributed by atoms with van der Waals surface area (Å²) in [6.45, 7) is 5.23. The van der Waals surface area contributed by atoms with Gasteiger partial charge in [-0.2, -0.15) is 0 Å². The molecule has 1 atom stereocenters. The Kier molecular flexibility index (Phi) is 3.15. The van der Waals surface area contributed by atoms with Crippen molar-refractivity contribution in [2.24, 2.45) is 17.1 Å². The maximum atomic E-state index is 11.4.